The van der Waals surface area contributed by atoms with Gasteiger partial charge in [0.15, 0.2) is 6.61 Å². The number of rotatable bonds is 11. The second kappa shape index (κ2) is 10.8. The molecule has 0 unspecified atom stereocenters. The zero-order valence-electron chi connectivity index (χ0n) is 12.7. The van der Waals surface area contributed by atoms with Gasteiger partial charge in [0.2, 0.25) is 11.9 Å². The molecule has 0 spiro atoms. The predicted molar refractivity (Wildman–Crippen MR) is 80.1 cm³/mol. The number of aryl methyl sites for hydroxylation is 1. The summed E-state index contributed by atoms with van der Waals surface area (Å²) >= 11 is 0. The molecular formula is C17H30NO+. The minimum absolute atomic E-state index is 0.721. The van der Waals surface area contributed by atoms with Crippen molar-refractivity contribution in [3.8, 4) is 0 Å². The molecule has 0 saturated heterocycles. The van der Waals surface area contributed by atoms with Gasteiger partial charge >= 0.3 is 0 Å². The van der Waals surface area contributed by atoms with Crippen LogP contribution in [0.5, 0.6) is 0 Å². The standard InChI is InChI=1S/C17H30NO/c1-3-5-6-7-8-9-10-11-14-17-15-12-13-16-18(17)19-4-2/h12-13,15-16H,3-11,14H2,1-2H3/q+1. The van der Waals surface area contributed by atoms with Gasteiger partial charge in [0.25, 0.3) is 0 Å². The van der Waals surface area contributed by atoms with Crippen LogP contribution in [0.15, 0.2) is 24.4 Å². The molecule has 0 bridgehead atoms. The molecule has 19 heavy (non-hydrogen) atoms. The Morgan fingerprint density at radius 3 is 2.26 bits per heavy atom. The second-order valence-corrected chi connectivity index (χ2v) is 5.16. The van der Waals surface area contributed by atoms with Crippen LogP contribution in [0.4, 0.5) is 0 Å². The number of hydrogen-bond donors (Lipinski definition) is 0. The van der Waals surface area contributed by atoms with Crippen LogP contribution in [0.2, 0.25) is 0 Å². The lowest BCUT2D eigenvalue weighted by Crippen LogP contribution is -2.45. The highest BCUT2D eigenvalue weighted by Crippen LogP contribution is 2.09. The molecule has 0 N–H and O–H groups in total. The van der Waals surface area contributed by atoms with Gasteiger partial charge in [0.05, 0.1) is 0 Å². The average molecular weight is 264 g/mol. The van der Waals surface area contributed by atoms with Crippen molar-refractivity contribution in [1.29, 1.82) is 0 Å². The summed E-state index contributed by atoms with van der Waals surface area (Å²) in [5, 5.41) is 0. The minimum atomic E-state index is 0.721. The van der Waals surface area contributed by atoms with Crippen LogP contribution in [0, 0.1) is 0 Å². The molecular weight excluding hydrogens is 234 g/mol. The lowest BCUT2D eigenvalue weighted by Gasteiger charge is -2.02. The first-order chi connectivity index (χ1) is 9.38. The molecule has 0 radical (unpaired) electrons. The first-order valence-corrected chi connectivity index (χ1v) is 8.01. The van der Waals surface area contributed by atoms with Gasteiger partial charge in [0, 0.05) is 23.3 Å². The molecule has 0 saturated carbocycles. The Bertz CT molecular complexity index is 325. The zero-order valence-corrected chi connectivity index (χ0v) is 12.7. The first kappa shape index (κ1) is 16.0. The predicted octanol–water partition coefficient (Wildman–Crippen LogP) is 4.11. The van der Waals surface area contributed by atoms with Gasteiger partial charge in [-0.1, -0.05) is 51.9 Å². The smallest absolute Gasteiger partial charge is 0.234 e. The molecule has 0 aliphatic rings. The number of hydrogen-bond acceptors (Lipinski definition) is 1. The molecule has 1 aromatic heterocycles. The third-order valence-electron chi connectivity index (χ3n) is 3.46. The molecule has 1 rings (SSSR count). The normalized spacial score (nSPS) is 10.6. The van der Waals surface area contributed by atoms with Crippen molar-refractivity contribution < 1.29 is 9.57 Å². The summed E-state index contributed by atoms with van der Waals surface area (Å²) in [6.45, 7) is 5.02. The lowest BCUT2D eigenvalue weighted by atomic mass is 10.1. The van der Waals surface area contributed by atoms with E-state index in [9.17, 15) is 0 Å². The van der Waals surface area contributed by atoms with E-state index in [-0.39, 0.29) is 0 Å². The number of pyridine rings is 1. The van der Waals surface area contributed by atoms with Crippen LogP contribution in [0.25, 0.3) is 0 Å². The van der Waals surface area contributed by atoms with Gasteiger partial charge in [-0.25, -0.2) is 0 Å². The van der Waals surface area contributed by atoms with Crippen LogP contribution in [0.1, 0.15) is 70.9 Å². The molecule has 1 aromatic rings. The Kier molecular flexibility index (Phi) is 9.13. The summed E-state index contributed by atoms with van der Waals surface area (Å²) in [6.07, 6.45) is 14.1. The van der Waals surface area contributed by atoms with Crippen molar-refractivity contribution in [2.75, 3.05) is 6.61 Å². The molecule has 0 aliphatic carbocycles. The van der Waals surface area contributed by atoms with E-state index < -0.39 is 0 Å². The Morgan fingerprint density at radius 1 is 0.895 bits per heavy atom. The molecule has 2 heteroatoms. The number of nitrogens with zero attached hydrogens (tertiary/aromatic N) is 1. The van der Waals surface area contributed by atoms with E-state index in [0.717, 1.165) is 13.0 Å². The van der Waals surface area contributed by atoms with E-state index in [1.54, 1.807) is 0 Å². The Labute approximate surface area is 118 Å². The van der Waals surface area contributed by atoms with Crippen molar-refractivity contribution in [2.24, 2.45) is 0 Å². The van der Waals surface area contributed by atoms with Gasteiger partial charge in [-0.3, -0.25) is 4.84 Å². The van der Waals surface area contributed by atoms with E-state index in [1.807, 2.05) is 23.9 Å². The summed E-state index contributed by atoms with van der Waals surface area (Å²) in [5.41, 5.74) is 1.29. The number of aromatic nitrogens is 1. The van der Waals surface area contributed by atoms with Crippen molar-refractivity contribution >= 4 is 0 Å². The van der Waals surface area contributed by atoms with Crippen LogP contribution in [-0.4, -0.2) is 6.61 Å². The summed E-state index contributed by atoms with van der Waals surface area (Å²) in [4.78, 5) is 5.58. The van der Waals surface area contributed by atoms with Gasteiger partial charge < -0.3 is 0 Å². The zero-order chi connectivity index (χ0) is 13.8. The molecule has 1 heterocycles. The molecule has 2 nitrogen and oxygen atoms in total. The highest BCUT2D eigenvalue weighted by Gasteiger charge is 2.09. The fraction of sp³-hybridized carbons (Fsp3) is 0.706. The van der Waals surface area contributed by atoms with E-state index >= 15 is 0 Å². The van der Waals surface area contributed by atoms with Gasteiger partial charge in [-0.2, -0.15) is 0 Å². The summed E-state index contributed by atoms with van der Waals surface area (Å²) in [5.74, 6) is 0. The topological polar surface area (TPSA) is 13.1 Å². The second-order valence-electron chi connectivity index (χ2n) is 5.16. The Hall–Kier alpha value is -1.05. The SMILES string of the molecule is CCCCCCCCCCc1cccc[n+]1OCC. The quantitative estimate of drug-likeness (QED) is 0.433. The maximum absolute atomic E-state index is 5.58. The Balaban J connectivity index is 2.12. The van der Waals surface area contributed by atoms with E-state index in [4.69, 9.17) is 4.84 Å². The third-order valence-corrected chi connectivity index (χ3v) is 3.46. The van der Waals surface area contributed by atoms with Crippen molar-refractivity contribution in [3.63, 3.8) is 0 Å². The fourth-order valence-electron chi connectivity index (χ4n) is 2.36. The number of unbranched alkanes of at least 4 members (excludes halogenated alkanes) is 7. The summed E-state index contributed by atoms with van der Waals surface area (Å²) < 4.78 is 1.92. The van der Waals surface area contributed by atoms with E-state index in [2.05, 4.69) is 19.1 Å². The maximum atomic E-state index is 5.58. The molecule has 0 fully saturated rings. The van der Waals surface area contributed by atoms with Gasteiger partial charge in [0.1, 0.15) is 0 Å². The average Bonchev–Trinajstić information content (AvgIpc) is 2.44. The largest absolute Gasteiger partial charge is 0.271 e. The Morgan fingerprint density at radius 2 is 1.58 bits per heavy atom. The van der Waals surface area contributed by atoms with Crippen molar-refractivity contribution in [2.45, 2.75) is 71.6 Å². The molecule has 0 aliphatic heterocycles. The minimum Gasteiger partial charge on any atom is -0.271 e. The van der Waals surface area contributed by atoms with Crippen LogP contribution >= 0.6 is 0 Å². The maximum Gasteiger partial charge on any atom is 0.234 e. The monoisotopic (exact) mass is 264 g/mol. The molecule has 108 valence electrons. The van der Waals surface area contributed by atoms with Crippen LogP contribution in [-0.2, 0) is 6.42 Å². The highest BCUT2D eigenvalue weighted by molar-refractivity contribution is 4.96. The van der Waals surface area contributed by atoms with Crippen LogP contribution in [0.3, 0.4) is 0 Å². The van der Waals surface area contributed by atoms with Crippen LogP contribution < -0.4 is 9.57 Å². The summed E-state index contributed by atoms with van der Waals surface area (Å²) in [6, 6.07) is 6.28. The first-order valence-electron chi connectivity index (χ1n) is 8.01. The van der Waals surface area contributed by atoms with E-state index in [1.165, 1.54) is 57.1 Å². The van der Waals surface area contributed by atoms with Crippen molar-refractivity contribution in [1.82, 2.24) is 0 Å². The van der Waals surface area contributed by atoms with Gasteiger partial charge in [-0.15, -0.1) is 0 Å². The lowest BCUT2D eigenvalue weighted by molar-refractivity contribution is -0.895. The molecule has 0 aromatic carbocycles. The van der Waals surface area contributed by atoms with Gasteiger partial charge in [-0.05, 0) is 19.4 Å². The highest BCUT2D eigenvalue weighted by atomic mass is 16.7. The van der Waals surface area contributed by atoms with E-state index in [0.29, 0.717) is 0 Å². The summed E-state index contributed by atoms with van der Waals surface area (Å²) in [7, 11) is 0. The fourth-order valence-corrected chi connectivity index (χ4v) is 2.36. The third kappa shape index (κ3) is 7.19. The molecule has 0 amide bonds. The molecule has 0 atom stereocenters. The van der Waals surface area contributed by atoms with Crippen molar-refractivity contribution in [3.05, 3.63) is 30.1 Å².